The van der Waals surface area contributed by atoms with Gasteiger partial charge >= 0.3 is 0 Å². The Morgan fingerprint density at radius 2 is 1.53 bits per heavy atom. The molecule has 0 aliphatic carbocycles. The molecule has 4 heteroatoms. The second-order valence-corrected chi connectivity index (χ2v) is 4.78. The molecule has 0 fully saturated rings. The summed E-state index contributed by atoms with van der Waals surface area (Å²) in [5.74, 6) is -1.25. The fraction of sp³-hybridized carbons (Fsp3) is 0.200. The predicted octanol–water partition coefficient (Wildman–Crippen LogP) is 3.12. The minimum atomic E-state index is -1.27. The minimum Gasteiger partial charge on any atom is -0.508 e. The third-order valence-electron chi connectivity index (χ3n) is 2.96. The molecule has 0 heterocycles. The van der Waals surface area contributed by atoms with Crippen molar-refractivity contribution in [2.75, 3.05) is 0 Å². The molecular weight excluding hydrogens is 250 g/mol. The molecule has 0 amide bonds. The molecule has 2 N–H and O–H groups in total. The zero-order valence-electron chi connectivity index (χ0n) is 10.4. The van der Waals surface area contributed by atoms with Gasteiger partial charge in [0.15, 0.2) is 0 Å². The van der Waals surface area contributed by atoms with Crippen molar-refractivity contribution in [1.29, 1.82) is 0 Å². The lowest BCUT2D eigenvalue weighted by Gasteiger charge is -2.24. The van der Waals surface area contributed by atoms with Crippen molar-refractivity contribution < 1.29 is 19.0 Å². The van der Waals surface area contributed by atoms with Gasteiger partial charge in [-0.15, -0.1) is 0 Å². The van der Waals surface area contributed by atoms with Crippen LogP contribution in [0.4, 0.5) is 8.78 Å². The highest BCUT2D eigenvalue weighted by atomic mass is 19.1. The third kappa shape index (κ3) is 3.29. The molecule has 0 saturated carbocycles. The first kappa shape index (κ1) is 13.5. The number of phenolic OH excluding ortho intramolecular Hbond substituents is 1. The Labute approximate surface area is 110 Å². The van der Waals surface area contributed by atoms with E-state index in [0.29, 0.717) is 11.1 Å². The molecule has 0 spiro atoms. The Kier molecular flexibility index (Phi) is 3.53. The summed E-state index contributed by atoms with van der Waals surface area (Å²) in [6.45, 7) is 1.56. The molecule has 2 aromatic rings. The van der Waals surface area contributed by atoms with E-state index in [4.69, 9.17) is 0 Å². The van der Waals surface area contributed by atoms with Gasteiger partial charge in [-0.3, -0.25) is 0 Å². The second-order valence-electron chi connectivity index (χ2n) is 4.78. The monoisotopic (exact) mass is 264 g/mol. The zero-order valence-corrected chi connectivity index (χ0v) is 10.4. The van der Waals surface area contributed by atoms with Gasteiger partial charge in [-0.25, -0.2) is 8.78 Å². The highest BCUT2D eigenvalue weighted by Gasteiger charge is 2.24. The summed E-state index contributed by atoms with van der Waals surface area (Å²) in [7, 11) is 0. The molecule has 1 unspecified atom stereocenters. The van der Waals surface area contributed by atoms with Crippen molar-refractivity contribution in [2.24, 2.45) is 0 Å². The normalized spacial score (nSPS) is 14.1. The maximum atomic E-state index is 13.1. The number of benzene rings is 2. The molecule has 1 atom stereocenters. The van der Waals surface area contributed by atoms with Crippen molar-refractivity contribution in [1.82, 2.24) is 0 Å². The predicted molar refractivity (Wildman–Crippen MR) is 67.7 cm³/mol. The Bertz CT molecular complexity index is 557. The first-order valence-electron chi connectivity index (χ1n) is 5.84. The molecule has 0 aliphatic rings. The summed E-state index contributed by atoms with van der Waals surface area (Å²) in [6.07, 6.45) is 0.0758. The number of rotatable bonds is 3. The highest BCUT2D eigenvalue weighted by Crippen LogP contribution is 2.27. The van der Waals surface area contributed by atoms with Crippen LogP contribution in [0.2, 0.25) is 0 Å². The van der Waals surface area contributed by atoms with E-state index >= 15 is 0 Å². The average Bonchev–Trinajstić information content (AvgIpc) is 2.27. The largest absolute Gasteiger partial charge is 0.508 e. The number of aliphatic hydroxyl groups is 1. The molecule has 2 aromatic carbocycles. The van der Waals surface area contributed by atoms with Crippen LogP contribution in [0.1, 0.15) is 18.1 Å². The van der Waals surface area contributed by atoms with Gasteiger partial charge in [0.05, 0.1) is 5.60 Å². The van der Waals surface area contributed by atoms with Gasteiger partial charge in [-0.05, 0) is 42.3 Å². The van der Waals surface area contributed by atoms with E-state index in [-0.39, 0.29) is 12.2 Å². The average molecular weight is 264 g/mol. The van der Waals surface area contributed by atoms with Gasteiger partial charge in [0, 0.05) is 12.5 Å². The van der Waals surface area contributed by atoms with Gasteiger partial charge in [0.1, 0.15) is 17.4 Å². The van der Waals surface area contributed by atoms with Crippen LogP contribution in [-0.2, 0) is 12.0 Å². The quantitative estimate of drug-likeness (QED) is 0.894. The summed E-state index contributed by atoms with van der Waals surface area (Å²) < 4.78 is 26.2. The van der Waals surface area contributed by atoms with Crippen molar-refractivity contribution in [3.05, 3.63) is 65.2 Å². The molecule has 0 bridgehead atoms. The van der Waals surface area contributed by atoms with Crippen LogP contribution in [0.3, 0.4) is 0 Å². The third-order valence-corrected chi connectivity index (χ3v) is 2.96. The van der Waals surface area contributed by atoms with Crippen LogP contribution in [0, 0.1) is 11.6 Å². The van der Waals surface area contributed by atoms with Crippen LogP contribution in [0.25, 0.3) is 0 Å². The molecule has 0 aromatic heterocycles. The Morgan fingerprint density at radius 1 is 1.00 bits per heavy atom. The lowest BCUT2D eigenvalue weighted by atomic mass is 9.89. The molecule has 0 radical (unpaired) electrons. The summed E-state index contributed by atoms with van der Waals surface area (Å²) >= 11 is 0. The van der Waals surface area contributed by atoms with E-state index in [9.17, 15) is 19.0 Å². The molecule has 0 saturated heterocycles. The second kappa shape index (κ2) is 4.97. The van der Waals surface area contributed by atoms with Crippen LogP contribution >= 0.6 is 0 Å². The maximum Gasteiger partial charge on any atom is 0.126 e. The Hall–Kier alpha value is -1.94. The van der Waals surface area contributed by atoms with Gasteiger partial charge < -0.3 is 10.2 Å². The van der Waals surface area contributed by atoms with Gasteiger partial charge in [-0.1, -0.05) is 12.1 Å². The SMILES string of the molecule is CC(O)(Cc1cc(F)cc(F)c1)c1ccc(O)cc1. The summed E-state index contributed by atoms with van der Waals surface area (Å²) in [6, 6.07) is 9.23. The number of aromatic hydroxyl groups is 1. The van der Waals surface area contributed by atoms with E-state index in [1.165, 1.54) is 24.3 Å². The molecule has 19 heavy (non-hydrogen) atoms. The topological polar surface area (TPSA) is 40.5 Å². The van der Waals surface area contributed by atoms with Crippen LogP contribution in [0.5, 0.6) is 5.75 Å². The fourth-order valence-electron chi connectivity index (χ4n) is 2.03. The first-order valence-corrected chi connectivity index (χ1v) is 5.84. The van der Waals surface area contributed by atoms with Gasteiger partial charge in [0.25, 0.3) is 0 Å². The highest BCUT2D eigenvalue weighted by molar-refractivity contribution is 5.31. The van der Waals surface area contributed by atoms with E-state index < -0.39 is 17.2 Å². The number of phenols is 1. The van der Waals surface area contributed by atoms with E-state index in [0.717, 1.165) is 6.07 Å². The van der Waals surface area contributed by atoms with E-state index in [1.807, 2.05) is 0 Å². The van der Waals surface area contributed by atoms with E-state index in [2.05, 4.69) is 0 Å². The molecule has 2 rings (SSSR count). The van der Waals surface area contributed by atoms with Crippen molar-refractivity contribution in [3.8, 4) is 5.75 Å². The van der Waals surface area contributed by atoms with Crippen LogP contribution < -0.4 is 0 Å². The number of hydrogen-bond acceptors (Lipinski definition) is 2. The minimum absolute atomic E-state index is 0.0758. The molecule has 100 valence electrons. The van der Waals surface area contributed by atoms with Crippen LogP contribution in [0.15, 0.2) is 42.5 Å². The van der Waals surface area contributed by atoms with Crippen molar-refractivity contribution in [3.63, 3.8) is 0 Å². The van der Waals surface area contributed by atoms with Gasteiger partial charge in [0.2, 0.25) is 0 Å². The molecular formula is C15H14F2O2. The summed E-state index contributed by atoms with van der Waals surface area (Å²) in [4.78, 5) is 0. The maximum absolute atomic E-state index is 13.1. The van der Waals surface area contributed by atoms with Crippen LogP contribution in [-0.4, -0.2) is 10.2 Å². The van der Waals surface area contributed by atoms with Crippen molar-refractivity contribution in [2.45, 2.75) is 18.9 Å². The number of halogens is 2. The number of hydrogen-bond donors (Lipinski definition) is 2. The van der Waals surface area contributed by atoms with E-state index in [1.54, 1.807) is 19.1 Å². The van der Waals surface area contributed by atoms with Gasteiger partial charge in [-0.2, -0.15) is 0 Å². The summed E-state index contributed by atoms with van der Waals surface area (Å²) in [5, 5.41) is 19.6. The zero-order chi connectivity index (χ0) is 14.0. The lowest BCUT2D eigenvalue weighted by molar-refractivity contribution is 0.0575. The smallest absolute Gasteiger partial charge is 0.126 e. The van der Waals surface area contributed by atoms with Crippen molar-refractivity contribution >= 4 is 0 Å². The Balaban J connectivity index is 2.27. The first-order chi connectivity index (χ1) is 8.87. The standard InChI is InChI=1S/C15H14F2O2/c1-15(19,11-2-4-14(18)5-3-11)9-10-6-12(16)8-13(17)7-10/h2-8,18-19H,9H2,1H3. The summed E-state index contributed by atoms with van der Waals surface area (Å²) in [5.41, 5.74) is -0.334. The molecule has 0 aliphatic heterocycles. The lowest BCUT2D eigenvalue weighted by Crippen LogP contribution is -2.24. The fourth-order valence-corrected chi connectivity index (χ4v) is 2.03. The Morgan fingerprint density at radius 3 is 2.05 bits per heavy atom. The molecule has 2 nitrogen and oxygen atoms in total.